The molecule has 0 aromatic heterocycles. The number of hydrogen-bond donors (Lipinski definition) is 0. The van der Waals surface area contributed by atoms with Crippen LogP contribution < -0.4 is 0 Å². The van der Waals surface area contributed by atoms with Crippen molar-refractivity contribution in [2.24, 2.45) is 5.92 Å². The van der Waals surface area contributed by atoms with E-state index in [1.807, 2.05) is 30.1 Å². The molecule has 0 bridgehead atoms. The molecule has 3 rings (SSSR count). The summed E-state index contributed by atoms with van der Waals surface area (Å²) in [5.74, 6) is -0.0596. The molecule has 1 unspecified atom stereocenters. The van der Waals surface area contributed by atoms with Gasteiger partial charge in [0, 0.05) is 33.6 Å². The summed E-state index contributed by atoms with van der Waals surface area (Å²) in [5, 5.41) is 0. The van der Waals surface area contributed by atoms with Crippen molar-refractivity contribution >= 4 is 25.3 Å². The van der Waals surface area contributed by atoms with Gasteiger partial charge in [0.1, 0.15) is 0 Å². The molecular formula is C19H29N3O2S. The summed E-state index contributed by atoms with van der Waals surface area (Å²) in [7, 11) is 3.66. The Kier molecular flexibility index (Phi) is 6.90. The zero-order chi connectivity index (χ0) is 17.1. The number of rotatable bonds is 5. The molecule has 5 nitrogen and oxygen atoms in total. The van der Waals surface area contributed by atoms with Crippen molar-refractivity contribution < 1.29 is 9.59 Å². The molecule has 0 saturated carbocycles. The Morgan fingerprint density at radius 1 is 1.24 bits per heavy atom. The summed E-state index contributed by atoms with van der Waals surface area (Å²) in [6.45, 7) is 3.61. The van der Waals surface area contributed by atoms with Gasteiger partial charge in [-0.25, -0.2) is 0 Å². The van der Waals surface area contributed by atoms with Gasteiger partial charge in [-0.1, -0.05) is 30.3 Å². The molecule has 25 heavy (non-hydrogen) atoms. The maximum atomic E-state index is 13.0. The molecule has 2 aliphatic heterocycles. The number of benzene rings is 1. The number of nitrogens with zero attached hydrogens (tertiary/aromatic N) is 3. The molecule has 2 amide bonds. The quantitative estimate of drug-likeness (QED) is 0.802. The third-order valence-electron chi connectivity index (χ3n) is 5.32. The summed E-state index contributed by atoms with van der Waals surface area (Å²) in [6, 6.07) is 10.3. The van der Waals surface area contributed by atoms with E-state index in [0.717, 1.165) is 25.2 Å². The Balaban J connectivity index is 0.00000225. The van der Waals surface area contributed by atoms with Crippen molar-refractivity contribution in [3.8, 4) is 0 Å². The first-order chi connectivity index (χ1) is 11.6. The van der Waals surface area contributed by atoms with Crippen LogP contribution in [0.15, 0.2) is 30.3 Å². The van der Waals surface area contributed by atoms with Gasteiger partial charge < -0.3 is 14.7 Å². The van der Waals surface area contributed by atoms with Gasteiger partial charge in [-0.3, -0.25) is 9.59 Å². The number of hydrogen-bond acceptors (Lipinski definition) is 3. The van der Waals surface area contributed by atoms with Gasteiger partial charge in [0.25, 0.3) is 0 Å². The van der Waals surface area contributed by atoms with Crippen molar-refractivity contribution in [2.75, 3.05) is 40.3 Å². The smallest absolute Gasteiger partial charge is 0.228 e. The SMILES string of the molecule is CN1CC(C(=O)N(C)[C@H](CN2CCCC2)c2ccccc2)CC1=O.S. The fourth-order valence-corrected chi connectivity index (χ4v) is 3.81. The molecule has 2 heterocycles. The number of carbonyl (C=O) groups excluding carboxylic acids is 2. The summed E-state index contributed by atoms with van der Waals surface area (Å²) in [6.07, 6.45) is 2.81. The summed E-state index contributed by atoms with van der Waals surface area (Å²) >= 11 is 0. The number of carbonyl (C=O) groups is 2. The first-order valence-electron chi connectivity index (χ1n) is 8.84. The van der Waals surface area contributed by atoms with E-state index in [0.29, 0.717) is 13.0 Å². The van der Waals surface area contributed by atoms with Crippen LogP contribution in [0.1, 0.15) is 30.9 Å². The lowest BCUT2D eigenvalue weighted by Crippen LogP contribution is -2.41. The number of amides is 2. The van der Waals surface area contributed by atoms with Gasteiger partial charge in [0.2, 0.25) is 11.8 Å². The Labute approximate surface area is 157 Å². The van der Waals surface area contributed by atoms with Gasteiger partial charge >= 0.3 is 0 Å². The van der Waals surface area contributed by atoms with Crippen LogP contribution in [0.5, 0.6) is 0 Å². The Hall–Kier alpha value is -1.53. The molecule has 0 aliphatic carbocycles. The van der Waals surface area contributed by atoms with Crippen molar-refractivity contribution in [2.45, 2.75) is 25.3 Å². The van der Waals surface area contributed by atoms with Crippen molar-refractivity contribution in [3.05, 3.63) is 35.9 Å². The number of likely N-dealkylation sites (N-methyl/N-ethyl adjacent to an activating group) is 1. The van der Waals surface area contributed by atoms with Crippen molar-refractivity contribution in [1.82, 2.24) is 14.7 Å². The van der Waals surface area contributed by atoms with Crippen molar-refractivity contribution in [1.29, 1.82) is 0 Å². The van der Waals surface area contributed by atoms with E-state index in [1.165, 1.54) is 12.8 Å². The van der Waals surface area contributed by atoms with Crippen LogP contribution in [0, 0.1) is 5.92 Å². The maximum Gasteiger partial charge on any atom is 0.228 e. The third kappa shape index (κ3) is 4.55. The second-order valence-corrected chi connectivity index (χ2v) is 7.06. The number of likely N-dealkylation sites (tertiary alicyclic amines) is 2. The molecular weight excluding hydrogens is 334 g/mol. The van der Waals surface area contributed by atoms with E-state index in [1.54, 1.807) is 11.9 Å². The standard InChI is InChI=1S/C19H27N3O2.H2S/c1-20-13-16(12-18(20)23)19(24)21(2)17(14-22-10-6-7-11-22)15-8-4-3-5-9-15;/h3-5,8-9,16-17H,6-7,10-14H2,1-2H3;1H2/t16?,17-;/m1./s1. The Morgan fingerprint density at radius 2 is 1.88 bits per heavy atom. The molecule has 2 aliphatic rings. The molecule has 2 saturated heterocycles. The van der Waals surface area contributed by atoms with Crippen LogP contribution in [0.4, 0.5) is 0 Å². The average Bonchev–Trinajstić information content (AvgIpc) is 3.22. The Bertz CT molecular complexity index is 590. The van der Waals surface area contributed by atoms with Gasteiger partial charge in [-0.15, -0.1) is 0 Å². The minimum absolute atomic E-state index is 0. The normalized spacial score (nSPS) is 21.9. The lowest BCUT2D eigenvalue weighted by molar-refractivity contribution is -0.137. The van der Waals surface area contributed by atoms with Crippen molar-refractivity contribution in [3.63, 3.8) is 0 Å². The predicted molar refractivity (Wildman–Crippen MR) is 104 cm³/mol. The summed E-state index contributed by atoms with van der Waals surface area (Å²) in [4.78, 5) is 30.7. The summed E-state index contributed by atoms with van der Waals surface area (Å²) < 4.78 is 0. The molecule has 0 N–H and O–H groups in total. The highest BCUT2D eigenvalue weighted by Crippen LogP contribution is 2.27. The van der Waals surface area contributed by atoms with Crippen LogP contribution in [-0.2, 0) is 9.59 Å². The molecule has 0 radical (unpaired) electrons. The van der Waals surface area contributed by atoms with Gasteiger partial charge in [-0.05, 0) is 31.5 Å². The van der Waals surface area contributed by atoms with E-state index >= 15 is 0 Å². The van der Waals surface area contributed by atoms with Crippen LogP contribution in [0.25, 0.3) is 0 Å². The fourth-order valence-electron chi connectivity index (χ4n) is 3.81. The minimum atomic E-state index is -0.211. The van der Waals surface area contributed by atoms with Gasteiger partial charge in [-0.2, -0.15) is 13.5 Å². The van der Waals surface area contributed by atoms with Crippen LogP contribution >= 0.6 is 13.5 Å². The molecule has 1 aromatic rings. The van der Waals surface area contributed by atoms with E-state index in [2.05, 4.69) is 17.0 Å². The third-order valence-corrected chi connectivity index (χ3v) is 5.32. The molecule has 0 spiro atoms. The van der Waals surface area contributed by atoms with Gasteiger partial charge in [0.15, 0.2) is 0 Å². The average molecular weight is 364 g/mol. The minimum Gasteiger partial charge on any atom is -0.345 e. The zero-order valence-electron chi connectivity index (χ0n) is 15.1. The van der Waals surface area contributed by atoms with Crippen LogP contribution in [-0.4, -0.2) is 66.8 Å². The van der Waals surface area contributed by atoms with E-state index < -0.39 is 0 Å². The van der Waals surface area contributed by atoms with E-state index in [9.17, 15) is 9.59 Å². The molecule has 2 atom stereocenters. The van der Waals surface area contributed by atoms with Gasteiger partial charge in [0.05, 0.1) is 12.0 Å². The zero-order valence-corrected chi connectivity index (χ0v) is 16.1. The first kappa shape index (κ1) is 19.8. The lowest BCUT2D eigenvalue weighted by atomic mass is 10.0. The van der Waals surface area contributed by atoms with E-state index in [-0.39, 0.29) is 37.3 Å². The van der Waals surface area contributed by atoms with E-state index in [4.69, 9.17) is 0 Å². The maximum absolute atomic E-state index is 13.0. The first-order valence-corrected chi connectivity index (χ1v) is 8.84. The van der Waals surface area contributed by atoms with Crippen LogP contribution in [0.2, 0.25) is 0 Å². The van der Waals surface area contributed by atoms with Crippen LogP contribution in [0.3, 0.4) is 0 Å². The monoisotopic (exact) mass is 363 g/mol. The highest BCUT2D eigenvalue weighted by atomic mass is 32.1. The summed E-state index contributed by atoms with van der Waals surface area (Å²) in [5.41, 5.74) is 1.16. The Morgan fingerprint density at radius 3 is 2.44 bits per heavy atom. The second-order valence-electron chi connectivity index (χ2n) is 7.06. The highest BCUT2D eigenvalue weighted by molar-refractivity contribution is 7.59. The second kappa shape index (κ2) is 8.72. The molecule has 2 fully saturated rings. The predicted octanol–water partition coefficient (Wildman–Crippen LogP) is 1.87. The fraction of sp³-hybridized carbons (Fsp3) is 0.579. The lowest BCUT2D eigenvalue weighted by Gasteiger charge is -2.33. The largest absolute Gasteiger partial charge is 0.345 e. The highest BCUT2D eigenvalue weighted by Gasteiger charge is 2.36. The molecule has 138 valence electrons. The topological polar surface area (TPSA) is 43.9 Å². The molecule has 6 heteroatoms. The molecule has 1 aromatic carbocycles.